The molecular weight excluding hydrogens is 132 g/mol. The first-order valence-electron chi connectivity index (χ1n) is 2.60. The molecule has 0 aliphatic heterocycles. The standard InChI is InChI=1S/C6H5N2S/c1-5-4-9-6-7-2-3-8(5)6/h2-4H,1H2. The van der Waals surface area contributed by atoms with Crippen molar-refractivity contribution in [2.75, 3.05) is 0 Å². The van der Waals surface area contributed by atoms with Gasteiger partial charge < -0.3 is 0 Å². The van der Waals surface area contributed by atoms with E-state index in [1.165, 1.54) is 0 Å². The van der Waals surface area contributed by atoms with E-state index in [0.717, 1.165) is 10.7 Å². The van der Waals surface area contributed by atoms with E-state index in [-0.39, 0.29) is 0 Å². The second kappa shape index (κ2) is 1.57. The Balaban J connectivity index is 2.99. The van der Waals surface area contributed by atoms with Gasteiger partial charge in [-0.05, 0) is 6.92 Å². The summed E-state index contributed by atoms with van der Waals surface area (Å²) in [4.78, 5) is 5.09. The molecule has 0 amide bonds. The molecule has 45 valence electrons. The van der Waals surface area contributed by atoms with Crippen molar-refractivity contribution in [2.24, 2.45) is 0 Å². The van der Waals surface area contributed by atoms with E-state index in [1.54, 1.807) is 17.5 Å². The van der Waals surface area contributed by atoms with Crippen LogP contribution in [0.1, 0.15) is 5.69 Å². The van der Waals surface area contributed by atoms with Crippen molar-refractivity contribution in [3.8, 4) is 0 Å². The molecule has 2 aromatic rings. The molecular formula is C6H5N2S. The van der Waals surface area contributed by atoms with Crippen LogP contribution in [0.3, 0.4) is 0 Å². The van der Waals surface area contributed by atoms with Crippen LogP contribution >= 0.6 is 11.3 Å². The SMILES string of the molecule is [CH2]c1csc2nccn12. The maximum Gasteiger partial charge on any atom is 0.193 e. The summed E-state index contributed by atoms with van der Waals surface area (Å²) in [7, 11) is 0. The van der Waals surface area contributed by atoms with Gasteiger partial charge >= 0.3 is 0 Å². The average molecular weight is 137 g/mol. The van der Waals surface area contributed by atoms with Gasteiger partial charge in [0, 0.05) is 23.5 Å². The maximum absolute atomic E-state index is 4.08. The molecule has 2 aromatic heterocycles. The summed E-state index contributed by atoms with van der Waals surface area (Å²) in [6.45, 7) is 3.81. The van der Waals surface area contributed by atoms with E-state index in [0.29, 0.717) is 0 Å². The highest BCUT2D eigenvalue weighted by atomic mass is 32.1. The number of hydrogen-bond acceptors (Lipinski definition) is 2. The molecule has 0 saturated heterocycles. The number of imidazole rings is 1. The quantitative estimate of drug-likeness (QED) is 0.539. The molecule has 2 rings (SSSR count). The summed E-state index contributed by atoms with van der Waals surface area (Å²) >= 11 is 1.61. The topological polar surface area (TPSA) is 17.3 Å². The molecule has 0 spiro atoms. The Labute approximate surface area is 56.8 Å². The molecule has 0 aliphatic rings. The second-order valence-electron chi connectivity index (χ2n) is 1.81. The van der Waals surface area contributed by atoms with Crippen LogP contribution in [0, 0.1) is 6.92 Å². The van der Waals surface area contributed by atoms with Crippen LogP contribution in [0.15, 0.2) is 17.8 Å². The minimum Gasteiger partial charge on any atom is -0.295 e. The molecule has 0 N–H and O–H groups in total. The van der Waals surface area contributed by atoms with Gasteiger partial charge in [-0.3, -0.25) is 4.40 Å². The fourth-order valence-electron chi connectivity index (χ4n) is 0.773. The Kier molecular flexibility index (Phi) is 0.873. The van der Waals surface area contributed by atoms with Gasteiger partial charge in [-0.1, -0.05) is 0 Å². The average Bonchev–Trinajstić information content (AvgIpc) is 2.35. The molecule has 0 aromatic carbocycles. The number of aromatic nitrogens is 2. The minimum absolute atomic E-state index is 1.01. The van der Waals surface area contributed by atoms with Crippen molar-refractivity contribution in [1.29, 1.82) is 0 Å². The molecule has 1 radical (unpaired) electrons. The zero-order valence-corrected chi connectivity index (χ0v) is 5.56. The molecule has 0 unspecified atom stereocenters. The molecule has 0 fully saturated rings. The van der Waals surface area contributed by atoms with Gasteiger partial charge in [0.15, 0.2) is 4.96 Å². The van der Waals surface area contributed by atoms with Gasteiger partial charge in [0.05, 0.1) is 0 Å². The summed E-state index contributed by atoms with van der Waals surface area (Å²) in [5.74, 6) is 0. The highest BCUT2D eigenvalue weighted by molar-refractivity contribution is 7.15. The Bertz CT molecular complexity index is 320. The normalized spacial score (nSPS) is 10.8. The minimum atomic E-state index is 1.01. The molecule has 0 bridgehead atoms. The Morgan fingerprint density at radius 1 is 1.67 bits per heavy atom. The zero-order valence-electron chi connectivity index (χ0n) is 4.74. The first kappa shape index (κ1) is 4.99. The molecule has 3 heteroatoms. The third-order valence-electron chi connectivity index (χ3n) is 1.22. The third kappa shape index (κ3) is 0.580. The molecule has 9 heavy (non-hydrogen) atoms. The zero-order chi connectivity index (χ0) is 6.27. The summed E-state index contributed by atoms with van der Waals surface area (Å²) in [6, 6.07) is 0. The predicted molar refractivity (Wildman–Crippen MR) is 37.5 cm³/mol. The van der Waals surface area contributed by atoms with Crippen LogP contribution in [0.4, 0.5) is 0 Å². The third-order valence-corrected chi connectivity index (χ3v) is 2.12. The highest BCUT2D eigenvalue weighted by Crippen LogP contribution is 2.12. The van der Waals surface area contributed by atoms with E-state index in [1.807, 2.05) is 16.0 Å². The van der Waals surface area contributed by atoms with Gasteiger partial charge in [0.2, 0.25) is 0 Å². The summed E-state index contributed by atoms with van der Waals surface area (Å²) in [6.07, 6.45) is 3.69. The Morgan fingerprint density at radius 3 is 3.33 bits per heavy atom. The number of rotatable bonds is 0. The van der Waals surface area contributed by atoms with Crippen LogP contribution in [-0.4, -0.2) is 9.38 Å². The molecule has 0 aliphatic carbocycles. The number of fused-ring (bicyclic) bond motifs is 1. The Morgan fingerprint density at radius 2 is 2.56 bits per heavy atom. The van der Waals surface area contributed by atoms with E-state index in [9.17, 15) is 0 Å². The van der Waals surface area contributed by atoms with Crippen molar-refractivity contribution in [2.45, 2.75) is 0 Å². The Hall–Kier alpha value is -0.830. The fourth-order valence-corrected chi connectivity index (χ4v) is 1.54. The van der Waals surface area contributed by atoms with Crippen molar-refractivity contribution in [3.63, 3.8) is 0 Å². The van der Waals surface area contributed by atoms with Crippen LogP contribution in [0.5, 0.6) is 0 Å². The van der Waals surface area contributed by atoms with Gasteiger partial charge in [0.1, 0.15) is 0 Å². The summed E-state index contributed by atoms with van der Waals surface area (Å²) in [5.41, 5.74) is 1.01. The lowest BCUT2D eigenvalue weighted by Gasteiger charge is -1.82. The van der Waals surface area contributed by atoms with Crippen LogP contribution in [0.2, 0.25) is 0 Å². The molecule has 2 nitrogen and oxygen atoms in total. The lowest BCUT2D eigenvalue weighted by atomic mass is 10.6. The predicted octanol–water partition coefficient (Wildman–Crippen LogP) is 1.58. The van der Waals surface area contributed by atoms with Gasteiger partial charge in [-0.15, -0.1) is 11.3 Å². The number of thiazole rings is 1. The summed E-state index contributed by atoms with van der Waals surface area (Å²) in [5, 5.41) is 1.99. The number of hydrogen-bond donors (Lipinski definition) is 0. The largest absolute Gasteiger partial charge is 0.295 e. The number of nitrogens with zero attached hydrogens (tertiary/aromatic N) is 2. The van der Waals surface area contributed by atoms with Crippen molar-refractivity contribution in [3.05, 3.63) is 30.4 Å². The van der Waals surface area contributed by atoms with E-state index in [2.05, 4.69) is 11.9 Å². The lowest BCUT2D eigenvalue weighted by Crippen LogP contribution is -1.76. The van der Waals surface area contributed by atoms with Gasteiger partial charge in [0.25, 0.3) is 0 Å². The van der Waals surface area contributed by atoms with E-state index < -0.39 is 0 Å². The maximum atomic E-state index is 4.08. The fraction of sp³-hybridized carbons (Fsp3) is 0. The van der Waals surface area contributed by atoms with Gasteiger partial charge in [-0.2, -0.15) is 0 Å². The van der Waals surface area contributed by atoms with Crippen molar-refractivity contribution in [1.82, 2.24) is 9.38 Å². The smallest absolute Gasteiger partial charge is 0.193 e. The highest BCUT2D eigenvalue weighted by Gasteiger charge is 1.95. The van der Waals surface area contributed by atoms with Crippen molar-refractivity contribution >= 4 is 16.3 Å². The van der Waals surface area contributed by atoms with Gasteiger partial charge in [-0.25, -0.2) is 4.98 Å². The molecule has 0 atom stereocenters. The van der Waals surface area contributed by atoms with Crippen LogP contribution < -0.4 is 0 Å². The van der Waals surface area contributed by atoms with Crippen LogP contribution in [0.25, 0.3) is 4.96 Å². The second-order valence-corrected chi connectivity index (χ2v) is 2.64. The lowest BCUT2D eigenvalue weighted by molar-refractivity contribution is 1.18. The molecule has 2 heterocycles. The monoisotopic (exact) mass is 137 g/mol. The summed E-state index contributed by atoms with van der Waals surface area (Å²) < 4.78 is 1.96. The van der Waals surface area contributed by atoms with E-state index in [4.69, 9.17) is 0 Å². The first-order valence-corrected chi connectivity index (χ1v) is 3.48. The van der Waals surface area contributed by atoms with Crippen LogP contribution in [-0.2, 0) is 0 Å². The van der Waals surface area contributed by atoms with Crippen molar-refractivity contribution < 1.29 is 0 Å². The first-order chi connectivity index (χ1) is 4.38. The van der Waals surface area contributed by atoms with E-state index >= 15 is 0 Å². The molecule has 0 saturated carbocycles.